The molecule has 2 N–H and O–H groups in total. The highest BCUT2D eigenvalue weighted by atomic mass is 31.2. The van der Waals surface area contributed by atoms with Crippen LogP contribution < -0.4 is 0 Å². The summed E-state index contributed by atoms with van der Waals surface area (Å²) in [5, 5.41) is 0. The lowest BCUT2D eigenvalue weighted by atomic mass is 10.1. The lowest BCUT2D eigenvalue weighted by Crippen LogP contribution is -2.35. The van der Waals surface area contributed by atoms with Gasteiger partial charge < -0.3 is 14.3 Å². The van der Waals surface area contributed by atoms with Crippen LogP contribution in [0.5, 0.6) is 0 Å². The Kier molecular flexibility index (Phi) is 15.2. The van der Waals surface area contributed by atoms with E-state index in [1.54, 1.807) is 0 Å². The van der Waals surface area contributed by atoms with Crippen LogP contribution in [0.1, 0.15) is 65.2 Å². The van der Waals surface area contributed by atoms with Gasteiger partial charge in [-0.05, 0) is 19.8 Å². The summed E-state index contributed by atoms with van der Waals surface area (Å²) in [6.45, 7) is 5.17. The largest absolute Gasteiger partial charge is 0.469 e. The third kappa shape index (κ3) is 28.9. The third-order valence-corrected chi connectivity index (χ3v) is 3.57. The van der Waals surface area contributed by atoms with Gasteiger partial charge in [0, 0.05) is 0 Å². The smallest absolute Gasteiger partial charge is 0.331 e. The van der Waals surface area contributed by atoms with E-state index in [-0.39, 0.29) is 6.61 Å². The van der Waals surface area contributed by atoms with Crippen molar-refractivity contribution < 1.29 is 23.4 Å². The minimum absolute atomic E-state index is 0.0459. The van der Waals surface area contributed by atoms with E-state index in [1.165, 1.54) is 64.8 Å². The van der Waals surface area contributed by atoms with E-state index in [9.17, 15) is 4.57 Å². The minimum atomic E-state index is -4.17. The standard InChI is InChI=1S/C13H30N.C2H7O4P/c1-5-6-7-8-9-10-11-12-13-14(2,3)4;1-2-6-7(3,4)5/h5-13H2,1-4H3;2H2,1H3,(H2,3,4,5)/q+1;. The molecule has 130 valence electrons. The molecule has 5 nitrogen and oxygen atoms in total. The Balaban J connectivity index is 0. The number of phosphoric ester groups is 1. The Bertz CT molecular complexity index is 261. The van der Waals surface area contributed by atoms with Crippen LogP contribution >= 0.6 is 7.82 Å². The molecule has 0 aromatic carbocycles. The van der Waals surface area contributed by atoms with Gasteiger partial charge in [0.2, 0.25) is 0 Å². The van der Waals surface area contributed by atoms with Crippen molar-refractivity contribution in [3.63, 3.8) is 0 Å². The molecule has 0 radical (unpaired) electrons. The summed E-state index contributed by atoms with van der Waals surface area (Å²) in [5.41, 5.74) is 0. The number of quaternary nitrogens is 1. The zero-order valence-electron chi connectivity index (χ0n) is 14.7. The van der Waals surface area contributed by atoms with E-state index in [0.29, 0.717) is 0 Å². The van der Waals surface area contributed by atoms with E-state index in [0.717, 1.165) is 4.48 Å². The second-order valence-corrected chi connectivity index (χ2v) is 7.64. The van der Waals surface area contributed by atoms with Gasteiger partial charge >= 0.3 is 7.82 Å². The zero-order valence-corrected chi connectivity index (χ0v) is 15.6. The maximum absolute atomic E-state index is 9.70. The van der Waals surface area contributed by atoms with Crippen LogP contribution in [0.2, 0.25) is 0 Å². The molecular weight excluding hydrogens is 289 g/mol. The fraction of sp³-hybridized carbons (Fsp3) is 1.00. The third-order valence-electron chi connectivity index (χ3n) is 2.98. The van der Waals surface area contributed by atoms with Crippen molar-refractivity contribution in [3.8, 4) is 0 Å². The molecule has 0 rings (SSSR count). The Morgan fingerprint density at radius 3 is 1.57 bits per heavy atom. The van der Waals surface area contributed by atoms with Gasteiger partial charge in [0.05, 0.1) is 34.3 Å². The lowest BCUT2D eigenvalue weighted by molar-refractivity contribution is -0.870. The van der Waals surface area contributed by atoms with Crippen molar-refractivity contribution in [2.24, 2.45) is 0 Å². The maximum Gasteiger partial charge on any atom is 0.469 e. The van der Waals surface area contributed by atoms with Gasteiger partial charge in [-0.1, -0.05) is 45.4 Å². The first-order valence-electron chi connectivity index (χ1n) is 8.13. The normalized spacial score (nSPS) is 12.0. The van der Waals surface area contributed by atoms with Gasteiger partial charge in [-0.25, -0.2) is 4.57 Å². The minimum Gasteiger partial charge on any atom is -0.331 e. The van der Waals surface area contributed by atoms with Crippen LogP contribution in [0.3, 0.4) is 0 Å². The number of unbranched alkanes of at least 4 members (excludes halogenated alkanes) is 7. The van der Waals surface area contributed by atoms with Gasteiger partial charge in [-0.2, -0.15) is 0 Å². The quantitative estimate of drug-likeness (QED) is 0.343. The zero-order chi connectivity index (χ0) is 16.8. The molecule has 0 heterocycles. The number of hydrogen-bond acceptors (Lipinski definition) is 2. The summed E-state index contributed by atoms with van der Waals surface area (Å²) < 4.78 is 14.7. The molecule has 0 bridgehead atoms. The topological polar surface area (TPSA) is 66.8 Å². The van der Waals surface area contributed by atoms with E-state index in [2.05, 4.69) is 32.6 Å². The highest BCUT2D eigenvalue weighted by molar-refractivity contribution is 7.46. The molecule has 0 fully saturated rings. The summed E-state index contributed by atoms with van der Waals surface area (Å²) in [6, 6.07) is 0. The highest BCUT2D eigenvalue weighted by Gasteiger charge is 2.10. The second-order valence-electron chi connectivity index (χ2n) is 6.40. The van der Waals surface area contributed by atoms with Crippen LogP contribution in [0, 0.1) is 0 Å². The van der Waals surface area contributed by atoms with Crippen molar-refractivity contribution in [2.45, 2.75) is 65.2 Å². The number of rotatable bonds is 11. The van der Waals surface area contributed by atoms with Gasteiger partial charge in [-0.15, -0.1) is 0 Å². The molecular formula is C15H37NO4P+. The van der Waals surface area contributed by atoms with E-state index >= 15 is 0 Å². The average Bonchev–Trinajstić information content (AvgIpc) is 2.30. The lowest BCUT2D eigenvalue weighted by Gasteiger charge is -2.23. The summed E-state index contributed by atoms with van der Waals surface area (Å²) in [4.78, 5) is 15.8. The van der Waals surface area contributed by atoms with Crippen LogP contribution in [-0.4, -0.2) is 48.6 Å². The Labute approximate surface area is 131 Å². The number of nitrogens with zero attached hydrogens (tertiary/aromatic N) is 1. The van der Waals surface area contributed by atoms with Crippen LogP contribution in [0.4, 0.5) is 0 Å². The van der Waals surface area contributed by atoms with E-state index in [4.69, 9.17) is 9.79 Å². The predicted molar refractivity (Wildman–Crippen MR) is 89.2 cm³/mol. The van der Waals surface area contributed by atoms with Crippen molar-refractivity contribution in [1.82, 2.24) is 0 Å². The molecule has 0 aliphatic carbocycles. The molecule has 0 aromatic heterocycles. The van der Waals surface area contributed by atoms with Crippen molar-refractivity contribution in [1.29, 1.82) is 0 Å². The SMILES string of the molecule is CCCCCCCCCC[N+](C)(C)C.CCOP(=O)(O)O. The van der Waals surface area contributed by atoms with Gasteiger partial charge in [0.1, 0.15) is 0 Å². The highest BCUT2D eigenvalue weighted by Crippen LogP contribution is 2.34. The molecule has 0 unspecified atom stereocenters. The summed E-state index contributed by atoms with van der Waals surface area (Å²) in [5.74, 6) is 0. The monoisotopic (exact) mass is 326 g/mol. The number of hydrogen-bond donors (Lipinski definition) is 2. The Morgan fingerprint density at radius 1 is 0.857 bits per heavy atom. The fourth-order valence-electron chi connectivity index (χ4n) is 1.89. The molecule has 0 aliphatic rings. The van der Waals surface area contributed by atoms with Gasteiger partial charge in [0.15, 0.2) is 0 Å². The van der Waals surface area contributed by atoms with Crippen LogP contribution in [-0.2, 0) is 9.09 Å². The first kappa shape index (κ1) is 23.3. The van der Waals surface area contributed by atoms with Crippen molar-refractivity contribution in [3.05, 3.63) is 0 Å². The molecule has 21 heavy (non-hydrogen) atoms. The molecule has 0 atom stereocenters. The molecule has 0 spiro atoms. The molecule has 0 amide bonds. The first-order valence-corrected chi connectivity index (χ1v) is 9.66. The fourth-order valence-corrected chi connectivity index (χ4v) is 2.22. The summed E-state index contributed by atoms with van der Waals surface area (Å²) >= 11 is 0. The summed E-state index contributed by atoms with van der Waals surface area (Å²) in [7, 11) is 2.67. The number of phosphoric acid groups is 1. The first-order chi connectivity index (χ1) is 9.62. The predicted octanol–water partition coefficient (Wildman–Crippen LogP) is 3.95. The summed E-state index contributed by atoms with van der Waals surface area (Å²) in [6.07, 6.45) is 11.4. The van der Waals surface area contributed by atoms with E-state index < -0.39 is 7.82 Å². The molecule has 0 saturated carbocycles. The van der Waals surface area contributed by atoms with Crippen molar-refractivity contribution >= 4 is 7.82 Å². The van der Waals surface area contributed by atoms with Crippen LogP contribution in [0.15, 0.2) is 0 Å². The average molecular weight is 326 g/mol. The molecule has 0 aliphatic heterocycles. The second kappa shape index (κ2) is 13.7. The van der Waals surface area contributed by atoms with Gasteiger partial charge in [0.25, 0.3) is 0 Å². The molecule has 0 aromatic rings. The molecule has 0 saturated heterocycles. The van der Waals surface area contributed by atoms with Gasteiger partial charge in [-0.3, -0.25) is 4.52 Å². The van der Waals surface area contributed by atoms with E-state index in [1.807, 2.05) is 0 Å². The Morgan fingerprint density at radius 2 is 1.29 bits per heavy atom. The van der Waals surface area contributed by atoms with Crippen LogP contribution in [0.25, 0.3) is 0 Å². The maximum atomic E-state index is 9.70. The van der Waals surface area contributed by atoms with Crippen molar-refractivity contribution in [2.75, 3.05) is 34.3 Å². The Hall–Kier alpha value is 0.0700. The molecule has 6 heteroatoms.